The van der Waals surface area contributed by atoms with Crippen LogP contribution in [0.5, 0.6) is 0 Å². The van der Waals surface area contributed by atoms with Crippen LogP contribution in [0.3, 0.4) is 0 Å². The number of amidine groups is 1. The fourth-order valence-corrected chi connectivity index (χ4v) is 4.00. The number of non-ortho nitro benzene ring substituents is 1. The van der Waals surface area contributed by atoms with Crippen molar-refractivity contribution in [3.05, 3.63) is 51.2 Å². The van der Waals surface area contributed by atoms with Crippen LogP contribution in [-0.4, -0.2) is 39.2 Å². The molecule has 1 atom stereocenters. The molecule has 3 rings (SSSR count). The van der Waals surface area contributed by atoms with E-state index in [0.29, 0.717) is 28.6 Å². The lowest BCUT2D eigenvalue weighted by Gasteiger charge is -2.38. The van der Waals surface area contributed by atoms with Crippen molar-refractivity contribution in [2.45, 2.75) is 26.3 Å². The van der Waals surface area contributed by atoms with Crippen LogP contribution in [0.15, 0.2) is 40.5 Å². The number of hydrogen-bond acceptors (Lipinski definition) is 7. The lowest BCUT2D eigenvalue weighted by Crippen LogP contribution is -2.45. The minimum absolute atomic E-state index is 0.107. The number of nitro benzene ring substituents is 1. The number of ether oxygens (including phenoxy) is 1. The summed E-state index contributed by atoms with van der Waals surface area (Å²) in [6, 6.07) is 5.17. The molecule has 136 valence electrons. The molecule has 0 unspecified atom stereocenters. The Kier molecular flexibility index (Phi) is 5.08. The minimum atomic E-state index is -0.790. The Morgan fingerprint density at radius 1 is 1.50 bits per heavy atom. The van der Waals surface area contributed by atoms with E-state index in [-0.39, 0.29) is 23.8 Å². The minimum Gasteiger partial charge on any atom is -0.463 e. The first-order chi connectivity index (χ1) is 12.4. The summed E-state index contributed by atoms with van der Waals surface area (Å²) in [4.78, 5) is 41.7. The maximum Gasteiger partial charge on any atom is 0.338 e. The molecule has 2 heterocycles. The normalized spacial score (nSPS) is 19.8. The van der Waals surface area contributed by atoms with E-state index in [9.17, 15) is 19.7 Å². The molecule has 0 aromatic heterocycles. The molecule has 0 radical (unpaired) electrons. The lowest BCUT2D eigenvalue weighted by atomic mass is 9.94. The van der Waals surface area contributed by atoms with Crippen LogP contribution in [0.4, 0.5) is 5.69 Å². The number of carbonyl (C=O) groups is 2. The summed E-state index contributed by atoms with van der Waals surface area (Å²) >= 11 is 1.43. The van der Waals surface area contributed by atoms with Crippen molar-refractivity contribution in [2.75, 3.05) is 12.4 Å². The quantitative estimate of drug-likeness (QED) is 0.455. The molecule has 8 nitrogen and oxygen atoms in total. The number of amides is 1. The van der Waals surface area contributed by atoms with E-state index in [4.69, 9.17) is 4.74 Å². The van der Waals surface area contributed by atoms with Gasteiger partial charge in [0.25, 0.3) is 5.69 Å². The van der Waals surface area contributed by atoms with Gasteiger partial charge in [0.05, 0.1) is 28.8 Å². The molecular formula is C17H17N3O5S. The Hall–Kier alpha value is -2.68. The van der Waals surface area contributed by atoms with E-state index in [2.05, 4.69) is 4.99 Å². The van der Waals surface area contributed by atoms with Crippen molar-refractivity contribution >= 4 is 34.5 Å². The van der Waals surface area contributed by atoms with Crippen LogP contribution in [-0.2, 0) is 14.3 Å². The van der Waals surface area contributed by atoms with Gasteiger partial charge in [0, 0.05) is 24.3 Å². The monoisotopic (exact) mass is 375 g/mol. The number of thioether (sulfide) groups is 1. The summed E-state index contributed by atoms with van der Waals surface area (Å²) in [7, 11) is 0. The summed E-state index contributed by atoms with van der Waals surface area (Å²) in [5.74, 6) is -0.140. The highest BCUT2D eigenvalue weighted by atomic mass is 32.2. The molecule has 1 amide bonds. The Balaban J connectivity index is 2.17. The molecule has 1 fully saturated rings. The SMILES string of the molecule is CCOC(=O)C1=C(C)N=C2SCCC(=O)N2[C@H]1c1cccc([N+](=O)[O-])c1. The van der Waals surface area contributed by atoms with Crippen LogP contribution in [0.1, 0.15) is 31.9 Å². The first kappa shape index (κ1) is 18.1. The summed E-state index contributed by atoms with van der Waals surface area (Å²) < 4.78 is 5.15. The summed E-state index contributed by atoms with van der Waals surface area (Å²) in [6.45, 7) is 3.55. The molecule has 0 aliphatic carbocycles. The zero-order valence-electron chi connectivity index (χ0n) is 14.3. The molecule has 0 bridgehead atoms. The number of aliphatic imine (C=N–C) groups is 1. The first-order valence-electron chi connectivity index (χ1n) is 8.09. The molecule has 2 aliphatic heterocycles. The number of fused-ring (bicyclic) bond motifs is 1. The second-order valence-electron chi connectivity index (χ2n) is 5.73. The van der Waals surface area contributed by atoms with Crippen LogP contribution in [0.25, 0.3) is 0 Å². The zero-order valence-corrected chi connectivity index (χ0v) is 15.1. The Morgan fingerprint density at radius 3 is 2.96 bits per heavy atom. The fourth-order valence-electron chi connectivity index (χ4n) is 2.99. The second kappa shape index (κ2) is 7.28. The van der Waals surface area contributed by atoms with Crippen molar-refractivity contribution in [3.8, 4) is 0 Å². The molecule has 1 aromatic rings. The van der Waals surface area contributed by atoms with Gasteiger partial charge in [-0.25, -0.2) is 9.79 Å². The van der Waals surface area contributed by atoms with E-state index in [1.165, 1.54) is 28.8 Å². The highest BCUT2D eigenvalue weighted by molar-refractivity contribution is 8.14. The van der Waals surface area contributed by atoms with Gasteiger partial charge >= 0.3 is 5.97 Å². The van der Waals surface area contributed by atoms with Gasteiger partial charge in [0.15, 0.2) is 5.17 Å². The number of benzene rings is 1. The smallest absolute Gasteiger partial charge is 0.338 e. The van der Waals surface area contributed by atoms with Crippen molar-refractivity contribution in [2.24, 2.45) is 4.99 Å². The third-order valence-corrected chi connectivity index (χ3v) is 5.05. The molecule has 0 N–H and O–H groups in total. The van der Waals surface area contributed by atoms with Crippen LogP contribution in [0, 0.1) is 10.1 Å². The molecule has 0 saturated carbocycles. The molecule has 9 heteroatoms. The van der Waals surface area contributed by atoms with Gasteiger partial charge in [-0.05, 0) is 19.4 Å². The van der Waals surface area contributed by atoms with Crippen molar-refractivity contribution < 1.29 is 19.2 Å². The summed E-state index contributed by atoms with van der Waals surface area (Å²) in [5, 5.41) is 11.7. The third-order valence-electron chi connectivity index (χ3n) is 4.10. The standard InChI is InChI=1S/C17H17N3O5S/c1-3-25-16(22)14-10(2)18-17-19(13(21)7-8-26-17)15(14)11-5-4-6-12(9-11)20(23)24/h4-6,9,15H,3,7-8H2,1-2H3/t15-/m0/s1. The maximum absolute atomic E-state index is 12.6. The molecule has 0 spiro atoms. The van der Waals surface area contributed by atoms with E-state index in [0.717, 1.165) is 0 Å². The van der Waals surface area contributed by atoms with Gasteiger partial charge in [-0.15, -0.1) is 0 Å². The van der Waals surface area contributed by atoms with Gasteiger partial charge < -0.3 is 4.74 Å². The second-order valence-corrected chi connectivity index (χ2v) is 6.79. The highest BCUT2D eigenvalue weighted by Gasteiger charge is 2.41. The van der Waals surface area contributed by atoms with Crippen molar-refractivity contribution in [1.29, 1.82) is 0 Å². The van der Waals surface area contributed by atoms with E-state index < -0.39 is 16.9 Å². The third kappa shape index (κ3) is 3.22. The van der Waals surface area contributed by atoms with Gasteiger partial charge in [-0.3, -0.25) is 19.8 Å². The number of esters is 1. The van der Waals surface area contributed by atoms with Crippen LogP contribution < -0.4 is 0 Å². The number of nitrogens with zero attached hydrogens (tertiary/aromatic N) is 3. The van der Waals surface area contributed by atoms with Crippen molar-refractivity contribution in [3.63, 3.8) is 0 Å². The topological polar surface area (TPSA) is 102 Å². The van der Waals surface area contributed by atoms with Crippen LogP contribution >= 0.6 is 11.8 Å². The molecule has 1 saturated heterocycles. The average Bonchev–Trinajstić information content (AvgIpc) is 2.61. The van der Waals surface area contributed by atoms with Gasteiger partial charge in [-0.1, -0.05) is 23.9 Å². The molecular weight excluding hydrogens is 358 g/mol. The Labute approximate surface area is 154 Å². The number of rotatable bonds is 4. The average molecular weight is 375 g/mol. The van der Waals surface area contributed by atoms with E-state index in [1.54, 1.807) is 26.0 Å². The van der Waals surface area contributed by atoms with Crippen LogP contribution in [0.2, 0.25) is 0 Å². The summed E-state index contributed by atoms with van der Waals surface area (Å²) in [6.07, 6.45) is 0.310. The number of allylic oxidation sites excluding steroid dienone is 1. The summed E-state index contributed by atoms with van der Waals surface area (Å²) in [5.41, 5.74) is 1.05. The predicted molar refractivity (Wildman–Crippen MR) is 96.5 cm³/mol. The van der Waals surface area contributed by atoms with Crippen molar-refractivity contribution in [1.82, 2.24) is 4.90 Å². The van der Waals surface area contributed by atoms with Gasteiger partial charge in [0.1, 0.15) is 0 Å². The largest absolute Gasteiger partial charge is 0.463 e. The molecule has 2 aliphatic rings. The zero-order chi connectivity index (χ0) is 18.8. The van der Waals surface area contributed by atoms with E-state index >= 15 is 0 Å². The highest BCUT2D eigenvalue weighted by Crippen LogP contribution is 2.40. The number of carbonyl (C=O) groups excluding carboxylic acids is 2. The molecule has 1 aromatic carbocycles. The Bertz CT molecular complexity index is 849. The fraction of sp³-hybridized carbons (Fsp3) is 0.353. The van der Waals surface area contributed by atoms with Gasteiger partial charge in [0.2, 0.25) is 5.91 Å². The maximum atomic E-state index is 12.6. The Morgan fingerprint density at radius 2 is 2.27 bits per heavy atom. The number of hydrogen-bond donors (Lipinski definition) is 0. The molecule has 26 heavy (non-hydrogen) atoms. The van der Waals surface area contributed by atoms with E-state index in [1.807, 2.05) is 0 Å². The first-order valence-corrected chi connectivity index (χ1v) is 9.08. The lowest BCUT2D eigenvalue weighted by molar-refractivity contribution is -0.384. The predicted octanol–water partition coefficient (Wildman–Crippen LogP) is 2.81. The number of nitro groups is 1. The van der Waals surface area contributed by atoms with Gasteiger partial charge in [-0.2, -0.15) is 0 Å².